The second-order valence-corrected chi connectivity index (χ2v) is 5.70. The molecule has 5 heteroatoms. The van der Waals surface area contributed by atoms with Crippen molar-refractivity contribution in [1.29, 1.82) is 0 Å². The van der Waals surface area contributed by atoms with Crippen molar-refractivity contribution < 1.29 is 19.4 Å². The van der Waals surface area contributed by atoms with Crippen LogP contribution in [0.1, 0.15) is 26.7 Å². The summed E-state index contributed by atoms with van der Waals surface area (Å²) in [7, 11) is 0. The second-order valence-electron chi connectivity index (χ2n) is 5.70. The molecule has 5 nitrogen and oxygen atoms in total. The van der Waals surface area contributed by atoms with Gasteiger partial charge in [-0.2, -0.15) is 0 Å². The van der Waals surface area contributed by atoms with Crippen LogP contribution in [0.25, 0.3) is 10.8 Å². The average Bonchev–Trinajstić information content (AvgIpc) is 2.53. The van der Waals surface area contributed by atoms with E-state index in [2.05, 4.69) is 5.32 Å². The molecule has 0 heterocycles. The molecule has 0 aliphatic carbocycles. The second kappa shape index (κ2) is 7.13. The van der Waals surface area contributed by atoms with Crippen molar-refractivity contribution in [2.75, 3.05) is 6.61 Å². The monoisotopic (exact) mass is 315 g/mol. The Hall–Kier alpha value is -2.56. The van der Waals surface area contributed by atoms with Crippen LogP contribution in [0, 0.1) is 0 Å². The van der Waals surface area contributed by atoms with Crippen LogP contribution in [0.15, 0.2) is 42.5 Å². The third-order valence-corrected chi connectivity index (χ3v) is 3.75. The largest absolute Gasteiger partial charge is 0.483 e. The fourth-order valence-electron chi connectivity index (χ4n) is 2.53. The van der Waals surface area contributed by atoms with Gasteiger partial charge in [-0.05, 0) is 24.8 Å². The van der Waals surface area contributed by atoms with Gasteiger partial charge in [-0.3, -0.25) is 4.79 Å². The van der Waals surface area contributed by atoms with E-state index in [0.29, 0.717) is 18.6 Å². The number of carboxylic acid groups (broad SMARTS) is 1. The van der Waals surface area contributed by atoms with E-state index in [1.165, 1.54) is 6.92 Å². The molecule has 1 amide bonds. The van der Waals surface area contributed by atoms with Crippen LogP contribution in [0.5, 0.6) is 5.75 Å². The maximum Gasteiger partial charge on any atom is 0.329 e. The van der Waals surface area contributed by atoms with Gasteiger partial charge in [-0.15, -0.1) is 0 Å². The molecule has 0 fully saturated rings. The number of nitrogens with one attached hydrogen (secondary N) is 1. The lowest BCUT2D eigenvalue weighted by Crippen LogP contribution is -2.53. The number of hydrogen-bond acceptors (Lipinski definition) is 3. The number of carbonyl (C=O) groups excluding carboxylic acids is 1. The standard InChI is InChI=1S/C18H21NO4/c1-3-11-18(2,17(21)22)19-16(20)12-23-15-10-6-8-13-7-4-5-9-14(13)15/h4-10H,3,11-12H2,1-2H3,(H,19,20)(H,21,22). The predicted octanol–water partition coefficient (Wildman–Crippen LogP) is 2.98. The van der Waals surface area contributed by atoms with Gasteiger partial charge in [0.05, 0.1) is 0 Å². The van der Waals surface area contributed by atoms with E-state index in [4.69, 9.17) is 4.74 Å². The van der Waals surface area contributed by atoms with Crippen molar-refractivity contribution in [2.45, 2.75) is 32.2 Å². The zero-order chi connectivity index (χ0) is 16.9. The normalized spacial score (nSPS) is 13.3. The van der Waals surface area contributed by atoms with Gasteiger partial charge in [-0.25, -0.2) is 4.79 Å². The molecule has 23 heavy (non-hydrogen) atoms. The highest BCUT2D eigenvalue weighted by atomic mass is 16.5. The summed E-state index contributed by atoms with van der Waals surface area (Å²) in [4.78, 5) is 23.4. The SMILES string of the molecule is CCCC(C)(NC(=O)COc1cccc2ccccc12)C(=O)O. The summed E-state index contributed by atoms with van der Waals surface area (Å²) in [6.07, 6.45) is 1.02. The number of carbonyl (C=O) groups is 2. The summed E-state index contributed by atoms with van der Waals surface area (Å²) >= 11 is 0. The molecule has 0 saturated carbocycles. The minimum atomic E-state index is -1.27. The maximum atomic E-state index is 12.0. The zero-order valence-electron chi connectivity index (χ0n) is 13.3. The fourth-order valence-corrected chi connectivity index (χ4v) is 2.53. The van der Waals surface area contributed by atoms with Crippen molar-refractivity contribution >= 4 is 22.6 Å². The first-order valence-electron chi connectivity index (χ1n) is 7.61. The fraction of sp³-hybridized carbons (Fsp3) is 0.333. The summed E-state index contributed by atoms with van der Waals surface area (Å²) < 4.78 is 5.58. The van der Waals surface area contributed by atoms with Crippen molar-refractivity contribution in [3.05, 3.63) is 42.5 Å². The summed E-state index contributed by atoms with van der Waals surface area (Å²) in [5, 5.41) is 13.8. The van der Waals surface area contributed by atoms with Gasteiger partial charge in [0.2, 0.25) is 0 Å². The first kappa shape index (κ1) is 16.8. The number of hydrogen-bond donors (Lipinski definition) is 2. The van der Waals surface area contributed by atoms with Crippen LogP contribution in [-0.4, -0.2) is 29.1 Å². The first-order valence-corrected chi connectivity index (χ1v) is 7.61. The Labute approximate surface area is 135 Å². The van der Waals surface area contributed by atoms with Crippen molar-refractivity contribution in [1.82, 2.24) is 5.32 Å². The Balaban J connectivity index is 2.05. The van der Waals surface area contributed by atoms with Crippen LogP contribution in [-0.2, 0) is 9.59 Å². The Bertz CT molecular complexity index is 708. The summed E-state index contributed by atoms with van der Waals surface area (Å²) in [5.41, 5.74) is -1.27. The smallest absolute Gasteiger partial charge is 0.329 e. The third-order valence-electron chi connectivity index (χ3n) is 3.75. The lowest BCUT2D eigenvalue weighted by atomic mass is 9.96. The molecule has 122 valence electrons. The lowest BCUT2D eigenvalue weighted by Gasteiger charge is -2.25. The molecule has 0 spiro atoms. The summed E-state index contributed by atoms with van der Waals surface area (Å²) in [6.45, 7) is 3.16. The maximum absolute atomic E-state index is 12.0. The van der Waals surface area contributed by atoms with E-state index in [1.54, 1.807) is 6.07 Å². The van der Waals surface area contributed by atoms with Crippen molar-refractivity contribution in [2.24, 2.45) is 0 Å². The molecule has 0 saturated heterocycles. The number of carboxylic acids is 1. The van der Waals surface area contributed by atoms with E-state index in [-0.39, 0.29) is 6.61 Å². The molecule has 2 rings (SSSR count). The Morgan fingerprint density at radius 3 is 2.57 bits per heavy atom. The molecular formula is C18H21NO4. The predicted molar refractivity (Wildman–Crippen MR) is 88.5 cm³/mol. The Kier molecular flexibility index (Phi) is 5.21. The van der Waals surface area contributed by atoms with Crippen molar-refractivity contribution in [3.63, 3.8) is 0 Å². The highest BCUT2D eigenvalue weighted by molar-refractivity contribution is 5.89. The van der Waals surface area contributed by atoms with E-state index in [9.17, 15) is 14.7 Å². The minimum Gasteiger partial charge on any atom is -0.483 e. The lowest BCUT2D eigenvalue weighted by molar-refractivity contribution is -0.147. The number of fused-ring (bicyclic) bond motifs is 1. The zero-order valence-corrected chi connectivity index (χ0v) is 13.3. The number of aliphatic carboxylic acids is 1. The summed E-state index contributed by atoms with van der Waals surface area (Å²) in [5.74, 6) is -0.889. The summed E-state index contributed by atoms with van der Waals surface area (Å²) in [6, 6.07) is 13.3. The first-order chi connectivity index (χ1) is 11.0. The Morgan fingerprint density at radius 1 is 1.17 bits per heavy atom. The highest BCUT2D eigenvalue weighted by Gasteiger charge is 2.33. The van der Waals surface area contributed by atoms with Gasteiger partial charge < -0.3 is 15.2 Å². The van der Waals surface area contributed by atoms with E-state index < -0.39 is 17.4 Å². The molecule has 2 aromatic carbocycles. The molecule has 0 aromatic heterocycles. The Morgan fingerprint density at radius 2 is 1.87 bits per heavy atom. The molecule has 0 radical (unpaired) electrons. The van der Waals surface area contributed by atoms with Gasteiger partial charge >= 0.3 is 5.97 Å². The van der Waals surface area contributed by atoms with Crippen LogP contribution < -0.4 is 10.1 Å². The molecule has 0 bridgehead atoms. The van der Waals surface area contributed by atoms with Crippen LogP contribution in [0.4, 0.5) is 0 Å². The van der Waals surface area contributed by atoms with E-state index >= 15 is 0 Å². The molecular weight excluding hydrogens is 294 g/mol. The number of amides is 1. The topological polar surface area (TPSA) is 75.6 Å². The molecule has 2 aromatic rings. The van der Waals surface area contributed by atoms with Gasteiger partial charge in [0, 0.05) is 5.39 Å². The van der Waals surface area contributed by atoms with E-state index in [1.807, 2.05) is 43.3 Å². The number of ether oxygens (including phenoxy) is 1. The molecule has 0 aliphatic rings. The van der Waals surface area contributed by atoms with Crippen LogP contribution >= 0.6 is 0 Å². The minimum absolute atomic E-state index is 0.222. The van der Waals surface area contributed by atoms with Crippen molar-refractivity contribution in [3.8, 4) is 5.75 Å². The molecule has 0 aliphatic heterocycles. The van der Waals surface area contributed by atoms with Gasteiger partial charge in [0.15, 0.2) is 6.61 Å². The quantitative estimate of drug-likeness (QED) is 0.823. The van der Waals surface area contributed by atoms with Gasteiger partial charge in [0.1, 0.15) is 11.3 Å². The number of rotatable bonds is 7. The van der Waals surface area contributed by atoms with Gasteiger partial charge in [0.25, 0.3) is 5.91 Å². The van der Waals surface area contributed by atoms with Gasteiger partial charge in [-0.1, -0.05) is 49.7 Å². The average molecular weight is 315 g/mol. The number of benzene rings is 2. The molecule has 1 atom stereocenters. The highest BCUT2D eigenvalue weighted by Crippen LogP contribution is 2.25. The molecule has 1 unspecified atom stereocenters. The third kappa shape index (κ3) is 4.00. The van der Waals surface area contributed by atoms with Crippen LogP contribution in [0.3, 0.4) is 0 Å². The van der Waals surface area contributed by atoms with Crippen LogP contribution in [0.2, 0.25) is 0 Å². The molecule has 2 N–H and O–H groups in total. The van der Waals surface area contributed by atoms with E-state index in [0.717, 1.165) is 10.8 Å².